The maximum Gasteiger partial charge on any atom is 0.179 e. The standard InChI is InChI=1S/C12H13ClO3/c1-4-5-10(14)8-6-9(13)12(16-3)11(7-8)15-2/h1,6-7,10,14H,5H2,2-3H3. The molecule has 0 heterocycles. The maximum atomic E-state index is 9.73. The predicted octanol–water partition coefficient (Wildman–Crippen LogP) is 2.41. The molecule has 0 saturated carbocycles. The molecule has 0 spiro atoms. The van der Waals surface area contributed by atoms with Crippen molar-refractivity contribution in [3.8, 4) is 23.8 Å². The van der Waals surface area contributed by atoms with Gasteiger partial charge in [0, 0.05) is 6.42 Å². The van der Waals surface area contributed by atoms with E-state index in [9.17, 15) is 5.11 Å². The van der Waals surface area contributed by atoms with E-state index in [2.05, 4.69) is 5.92 Å². The highest BCUT2D eigenvalue weighted by Gasteiger charge is 2.14. The third-order valence-corrected chi connectivity index (χ3v) is 2.43. The van der Waals surface area contributed by atoms with Gasteiger partial charge in [0.1, 0.15) is 0 Å². The Balaban J connectivity index is 3.15. The average molecular weight is 241 g/mol. The van der Waals surface area contributed by atoms with Crippen LogP contribution in [0.25, 0.3) is 0 Å². The number of terminal acetylenes is 1. The molecule has 0 aliphatic heterocycles. The zero-order valence-corrected chi connectivity index (χ0v) is 9.91. The molecule has 0 radical (unpaired) electrons. The van der Waals surface area contributed by atoms with Gasteiger partial charge in [-0.15, -0.1) is 12.3 Å². The molecular weight excluding hydrogens is 228 g/mol. The summed E-state index contributed by atoms with van der Waals surface area (Å²) in [5.74, 6) is 3.30. The van der Waals surface area contributed by atoms with E-state index in [0.717, 1.165) is 0 Å². The Labute approximate surface area is 99.9 Å². The van der Waals surface area contributed by atoms with Crippen molar-refractivity contribution in [2.24, 2.45) is 0 Å². The first-order valence-corrected chi connectivity index (χ1v) is 5.04. The van der Waals surface area contributed by atoms with Gasteiger partial charge in [-0.05, 0) is 17.7 Å². The van der Waals surface area contributed by atoms with Crippen molar-refractivity contribution < 1.29 is 14.6 Å². The summed E-state index contributed by atoms with van der Waals surface area (Å²) in [6.45, 7) is 0. The van der Waals surface area contributed by atoms with Crippen LogP contribution in [-0.4, -0.2) is 19.3 Å². The van der Waals surface area contributed by atoms with Crippen LogP contribution in [0.3, 0.4) is 0 Å². The van der Waals surface area contributed by atoms with Gasteiger partial charge in [0.25, 0.3) is 0 Å². The number of halogens is 1. The van der Waals surface area contributed by atoms with Gasteiger partial charge in [-0.3, -0.25) is 0 Å². The van der Waals surface area contributed by atoms with E-state index in [1.807, 2.05) is 0 Å². The lowest BCUT2D eigenvalue weighted by atomic mass is 10.1. The summed E-state index contributed by atoms with van der Waals surface area (Å²) < 4.78 is 10.2. The first-order chi connectivity index (χ1) is 7.63. The average Bonchev–Trinajstić information content (AvgIpc) is 2.28. The largest absolute Gasteiger partial charge is 0.493 e. The highest BCUT2D eigenvalue weighted by molar-refractivity contribution is 6.32. The molecule has 3 nitrogen and oxygen atoms in total. The van der Waals surface area contributed by atoms with Gasteiger partial charge >= 0.3 is 0 Å². The maximum absolute atomic E-state index is 9.73. The summed E-state index contributed by atoms with van der Waals surface area (Å²) in [5, 5.41) is 10.1. The lowest BCUT2D eigenvalue weighted by molar-refractivity contribution is 0.183. The topological polar surface area (TPSA) is 38.7 Å². The van der Waals surface area contributed by atoms with Crippen molar-refractivity contribution in [2.75, 3.05) is 14.2 Å². The van der Waals surface area contributed by atoms with Crippen LogP contribution in [0.2, 0.25) is 5.02 Å². The number of hydrogen-bond donors (Lipinski definition) is 1. The summed E-state index contributed by atoms with van der Waals surface area (Å²) >= 11 is 5.99. The fourth-order valence-corrected chi connectivity index (χ4v) is 1.66. The molecule has 1 unspecified atom stereocenters. The van der Waals surface area contributed by atoms with Crippen LogP contribution < -0.4 is 9.47 Å². The number of aliphatic hydroxyl groups excluding tert-OH is 1. The molecule has 0 aliphatic carbocycles. The van der Waals surface area contributed by atoms with E-state index in [4.69, 9.17) is 27.5 Å². The Morgan fingerprint density at radius 3 is 2.62 bits per heavy atom. The van der Waals surface area contributed by atoms with Crippen molar-refractivity contribution in [3.05, 3.63) is 22.7 Å². The van der Waals surface area contributed by atoms with E-state index in [-0.39, 0.29) is 6.42 Å². The van der Waals surface area contributed by atoms with Gasteiger partial charge in [-0.2, -0.15) is 0 Å². The second-order valence-electron chi connectivity index (χ2n) is 3.16. The fraction of sp³-hybridized carbons (Fsp3) is 0.333. The van der Waals surface area contributed by atoms with E-state index >= 15 is 0 Å². The van der Waals surface area contributed by atoms with Gasteiger partial charge in [0.15, 0.2) is 11.5 Å². The minimum absolute atomic E-state index is 0.228. The summed E-state index contributed by atoms with van der Waals surface area (Å²) in [4.78, 5) is 0. The second kappa shape index (κ2) is 5.64. The zero-order chi connectivity index (χ0) is 12.1. The third kappa shape index (κ3) is 2.60. The van der Waals surface area contributed by atoms with Crippen LogP contribution in [0.15, 0.2) is 12.1 Å². The lowest BCUT2D eigenvalue weighted by Crippen LogP contribution is -1.99. The summed E-state index contributed by atoms with van der Waals surface area (Å²) in [5.41, 5.74) is 0.612. The molecule has 1 aromatic carbocycles. The molecule has 1 rings (SSSR count). The van der Waals surface area contributed by atoms with Gasteiger partial charge in [-0.25, -0.2) is 0 Å². The molecule has 0 bridgehead atoms. The molecule has 1 atom stereocenters. The van der Waals surface area contributed by atoms with Crippen molar-refractivity contribution in [2.45, 2.75) is 12.5 Å². The van der Waals surface area contributed by atoms with Gasteiger partial charge in [0.05, 0.1) is 25.3 Å². The number of hydrogen-bond acceptors (Lipinski definition) is 3. The molecule has 16 heavy (non-hydrogen) atoms. The molecule has 1 aromatic rings. The zero-order valence-electron chi connectivity index (χ0n) is 9.16. The molecule has 4 heteroatoms. The Hall–Kier alpha value is -1.37. The van der Waals surface area contributed by atoms with Crippen LogP contribution >= 0.6 is 11.6 Å². The number of rotatable bonds is 4. The molecule has 86 valence electrons. The van der Waals surface area contributed by atoms with Crippen LogP contribution in [0.5, 0.6) is 11.5 Å². The minimum Gasteiger partial charge on any atom is -0.493 e. The smallest absolute Gasteiger partial charge is 0.179 e. The van der Waals surface area contributed by atoms with E-state index in [0.29, 0.717) is 22.1 Å². The summed E-state index contributed by atoms with van der Waals surface area (Å²) in [7, 11) is 3.01. The van der Waals surface area contributed by atoms with Crippen LogP contribution in [0.4, 0.5) is 0 Å². The molecular formula is C12H13ClO3. The Morgan fingerprint density at radius 1 is 1.44 bits per heavy atom. The number of aliphatic hydroxyl groups is 1. The van der Waals surface area contributed by atoms with Crippen LogP contribution in [0.1, 0.15) is 18.1 Å². The van der Waals surface area contributed by atoms with E-state index in [1.165, 1.54) is 14.2 Å². The molecule has 0 aliphatic rings. The predicted molar refractivity (Wildman–Crippen MR) is 63.0 cm³/mol. The highest BCUT2D eigenvalue weighted by Crippen LogP contribution is 2.37. The first kappa shape index (κ1) is 12.7. The molecule has 0 amide bonds. The number of benzene rings is 1. The lowest BCUT2D eigenvalue weighted by Gasteiger charge is -2.14. The monoisotopic (exact) mass is 240 g/mol. The Morgan fingerprint density at radius 2 is 2.12 bits per heavy atom. The SMILES string of the molecule is C#CCC(O)c1cc(Cl)c(OC)c(OC)c1. The van der Waals surface area contributed by atoms with Gasteiger partial charge in [-0.1, -0.05) is 11.6 Å². The Bertz CT molecular complexity index is 409. The van der Waals surface area contributed by atoms with E-state index < -0.39 is 6.10 Å². The quantitative estimate of drug-likeness (QED) is 0.822. The normalized spacial score (nSPS) is 11.7. The summed E-state index contributed by atoms with van der Waals surface area (Å²) in [6, 6.07) is 3.28. The molecule has 0 saturated heterocycles. The van der Waals surface area contributed by atoms with Crippen molar-refractivity contribution in [1.82, 2.24) is 0 Å². The number of ether oxygens (including phenoxy) is 2. The second-order valence-corrected chi connectivity index (χ2v) is 3.57. The van der Waals surface area contributed by atoms with E-state index in [1.54, 1.807) is 12.1 Å². The van der Waals surface area contributed by atoms with Crippen molar-refractivity contribution in [3.63, 3.8) is 0 Å². The van der Waals surface area contributed by atoms with Gasteiger partial charge in [0.2, 0.25) is 0 Å². The minimum atomic E-state index is -0.748. The molecule has 1 N–H and O–H groups in total. The fourth-order valence-electron chi connectivity index (χ4n) is 1.36. The van der Waals surface area contributed by atoms with Crippen LogP contribution in [-0.2, 0) is 0 Å². The summed E-state index contributed by atoms with van der Waals surface area (Å²) in [6.07, 6.45) is 4.61. The molecule has 0 aromatic heterocycles. The van der Waals surface area contributed by atoms with Crippen molar-refractivity contribution >= 4 is 11.6 Å². The third-order valence-electron chi connectivity index (χ3n) is 2.15. The highest BCUT2D eigenvalue weighted by atomic mass is 35.5. The Kier molecular flexibility index (Phi) is 4.48. The molecule has 0 fully saturated rings. The van der Waals surface area contributed by atoms with Gasteiger partial charge < -0.3 is 14.6 Å². The first-order valence-electron chi connectivity index (χ1n) is 4.67. The van der Waals surface area contributed by atoms with Crippen molar-refractivity contribution in [1.29, 1.82) is 0 Å². The number of methoxy groups -OCH3 is 2. The van der Waals surface area contributed by atoms with Crippen LogP contribution in [0, 0.1) is 12.3 Å².